The van der Waals surface area contributed by atoms with Gasteiger partial charge in [0.1, 0.15) is 24.2 Å². The fourth-order valence-electron chi connectivity index (χ4n) is 1.74. The number of hydrogen-bond acceptors (Lipinski definition) is 5. The third-order valence-corrected chi connectivity index (χ3v) is 2.67. The number of aromatic carboxylic acids is 1. The summed E-state index contributed by atoms with van der Waals surface area (Å²) in [6.45, 7) is 0. The first-order valence-corrected chi connectivity index (χ1v) is 5.41. The molecule has 0 bridgehead atoms. The van der Waals surface area contributed by atoms with E-state index in [1.54, 1.807) is 6.07 Å². The number of benzene rings is 1. The van der Waals surface area contributed by atoms with Crippen molar-refractivity contribution in [1.82, 2.24) is 9.55 Å². The molecule has 0 spiro atoms. The van der Waals surface area contributed by atoms with Crippen LogP contribution in [0, 0.1) is 22.7 Å². The van der Waals surface area contributed by atoms with Gasteiger partial charge in [-0.05, 0) is 12.1 Å². The maximum absolute atomic E-state index is 11.2. The van der Waals surface area contributed by atoms with Crippen molar-refractivity contribution in [3.63, 3.8) is 0 Å². The van der Waals surface area contributed by atoms with E-state index in [4.69, 9.17) is 15.3 Å². The van der Waals surface area contributed by atoms with Crippen LogP contribution in [0.15, 0.2) is 24.5 Å². The Morgan fingerprint density at radius 3 is 2.70 bits per heavy atom. The highest BCUT2D eigenvalue weighted by atomic mass is 16.5. The summed E-state index contributed by atoms with van der Waals surface area (Å²) < 4.78 is 6.30. The lowest BCUT2D eigenvalue weighted by Gasteiger charge is -2.10. The van der Waals surface area contributed by atoms with Crippen LogP contribution in [0.4, 0.5) is 0 Å². The second kappa shape index (κ2) is 5.12. The van der Waals surface area contributed by atoms with Gasteiger partial charge in [0.15, 0.2) is 11.4 Å². The number of imidazole rings is 1. The molecule has 7 nitrogen and oxygen atoms in total. The van der Waals surface area contributed by atoms with Gasteiger partial charge in [0, 0.05) is 6.07 Å². The monoisotopic (exact) mass is 268 g/mol. The van der Waals surface area contributed by atoms with Crippen LogP contribution in [0.2, 0.25) is 0 Å². The van der Waals surface area contributed by atoms with E-state index in [1.807, 2.05) is 6.07 Å². The van der Waals surface area contributed by atoms with Crippen molar-refractivity contribution >= 4 is 5.97 Å². The molecule has 0 aliphatic rings. The molecule has 0 aliphatic heterocycles. The number of carbonyl (C=O) groups is 1. The van der Waals surface area contributed by atoms with Gasteiger partial charge >= 0.3 is 5.97 Å². The molecular formula is C13H8N4O3. The average molecular weight is 268 g/mol. The van der Waals surface area contributed by atoms with E-state index in [-0.39, 0.29) is 22.6 Å². The number of nitriles is 2. The topological polar surface area (TPSA) is 112 Å². The van der Waals surface area contributed by atoms with E-state index in [0.717, 1.165) is 0 Å². The highest BCUT2D eigenvalue weighted by Gasteiger charge is 2.18. The van der Waals surface area contributed by atoms with Crippen LogP contribution in [0.3, 0.4) is 0 Å². The standard InChI is InChI=1S/C13H8N4O3/c1-20-8-2-3-9(13(18)19)11(4-8)17-7-16-10(5-14)12(17)6-15/h2-4,7H,1H3,(H,18,19). The minimum absolute atomic E-state index is 0.0239. The lowest BCUT2D eigenvalue weighted by molar-refractivity contribution is 0.0697. The van der Waals surface area contributed by atoms with Crippen LogP contribution in [0.5, 0.6) is 5.75 Å². The quantitative estimate of drug-likeness (QED) is 0.898. The summed E-state index contributed by atoms with van der Waals surface area (Å²) in [6.07, 6.45) is 1.23. The lowest BCUT2D eigenvalue weighted by atomic mass is 10.1. The molecule has 0 aliphatic carbocycles. The van der Waals surface area contributed by atoms with Gasteiger partial charge < -0.3 is 9.84 Å². The van der Waals surface area contributed by atoms with Crippen molar-refractivity contribution in [2.75, 3.05) is 7.11 Å². The molecule has 98 valence electrons. The molecule has 0 amide bonds. The molecule has 1 heterocycles. The zero-order chi connectivity index (χ0) is 14.7. The maximum atomic E-state index is 11.2. The molecule has 0 saturated heterocycles. The summed E-state index contributed by atoms with van der Waals surface area (Å²) in [4.78, 5) is 15.0. The number of nitrogens with zero attached hydrogens (tertiary/aromatic N) is 4. The fraction of sp³-hybridized carbons (Fsp3) is 0.0769. The highest BCUT2D eigenvalue weighted by molar-refractivity contribution is 5.92. The first kappa shape index (κ1) is 13.1. The molecule has 0 unspecified atom stereocenters. The van der Waals surface area contributed by atoms with Gasteiger partial charge in [0.25, 0.3) is 0 Å². The first-order valence-electron chi connectivity index (χ1n) is 5.41. The van der Waals surface area contributed by atoms with E-state index in [9.17, 15) is 9.90 Å². The SMILES string of the molecule is COc1ccc(C(=O)O)c(-n2cnc(C#N)c2C#N)c1. The Morgan fingerprint density at radius 1 is 1.40 bits per heavy atom. The second-order valence-electron chi connectivity index (χ2n) is 3.72. The van der Waals surface area contributed by atoms with E-state index >= 15 is 0 Å². The third kappa shape index (κ3) is 2.04. The summed E-state index contributed by atoms with van der Waals surface area (Å²) in [6, 6.07) is 7.95. The Hall–Kier alpha value is -3.32. The van der Waals surface area contributed by atoms with Gasteiger partial charge in [-0.2, -0.15) is 10.5 Å². The van der Waals surface area contributed by atoms with E-state index in [0.29, 0.717) is 5.75 Å². The predicted molar refractivity (Wildman–Crippen MR) is 66.5 cm³/mol. The van der Waals surface area contributed by atoms with Gasteiger partial charge in [-0.15, -0.1) is 0 Å². The molecule has 0 saturated carbocycles. The van der Waals surface area contributed by atoms with Crippen molar-refractivity contribution < 1.29 is 14.6 Å². The minimum atomic E-state index is -1.15. The van der Waals surface area contributed by atoms with Crippen molar-refractivity contribution in [3.05, 3.63) is 41.5 Å². The molecule has 0 atom stereocenters. The van der Waals surface area contributed by atoms with Gasteiger partial charge in [0.05, 0.1) is 18.4 Å². The van der Waals surface area contributed by atoms with Crippen molar-refractivity contribution in [2.45, 2.75) is 0 Å². The van der Waals surface area contributed by atoms with Gasteiger partial charge in [-0.3, -0.25) is 4.57 Å². The minimum Gasteiger partial charge on any atom is -0.497 e. The number of rotatable bonds is 3. The molecule has 1 aromatic heterocycles. The number of ether oxygens (including phenoxy) is 1. The Kier molecular flexibility index (Phi) is 3.36. The molecule has 20 heavy (non-hydrogen) atoms. The maximum Gasteiger partial charge on any atom is 0.337 e. The lowest BCUT2D eigenvalue weighted by Crippen LogP contribution is -2.07. The molecule has 0 fully saturated rings. The van der Waals surface area contributed by atoms with E-state index in [2.05, 4.69) is 4.98 Å². The molecule has 2 aromatic rings. The summed E-state index contributed by atoms with van der Waals surface area (Å²) in [5, 5.41) is 27.2. The smallest absolute Gasteiger partial charge is 0.337 e. The molecule has 1 N–H and O–H groups in total. The van der Waals surface area contributed by atoms with Gasteiger partial charge in [0.2, 0.25) is 0 Å². The molecule has 7 heteroatoms. The predicted octanol–water partition coefficient (Wildman–Crippen LogP) is 1.32. The number of carboxylic acid groups (broad SMARTS) is 1. The van der Waals surface area contributed by atoms with Crippen molar-refractivity contribution in [1.29, 1.82) is 10.5 Å². The van der Waals surface area contributed by atoms with E-state index < -0.39 is 5.97 Å². The largest absolute Gasteiger partial charge is 0.497 e. The summed E-state index contributed by atoms with van der Waals surface area (Å²) >= 11 is 0. The third-order valence-electron chi connectivity index (χ3n) is 2.67. The average Bonchev–Trinajstić information content (AvgIpc) is 2.89. The Bertz CT molecular complexity index is 765. The van der Waals surface area contributed by atoms with Gasteiger partial charge in [-0.1, -0.05) is 0 Å². The number of carboxylic acids is 1. The highest BCUT2D eigenvalue weighted by Crippen LogP contribution is 2.23. The Balaban J connectivity index is 2.75. The molecule has 2 rings (SSSR count). The summed E-state index contributed by atoms with van der Waals surface area (Å²) in [7, 11) is 1.44. The van der Waals surface area contributed by atoms with Crippen molar-refractivity contribution in [3.8, 4) is 23.6 Å². The van der Waals surface area contributed by atoms with Gasteiger partial charge in [-0.25, -0.2) is 9.78 Å². The van der Waals surface area contributed by atoms with Crippen LogP contribution >= 0.6 is 0 Å². The van der Waals surface area contributed by atoms with E-state index in [1.165, 1.54) is 36.2 Å². The number of methoxy groups -OCH3 is 1. The van der Waals surface area contributed by atoms with Crippen molar-refractivity contribution in [2.24, 2.45) is 0 Å². The van der Waals surface area contributed by atoms with Crippen LogP contribution in [-0.2, 0) is 0 Å². The summed E-state index contributed by atoms with van der Waals surface area (Å²) in [5.74, 6) is -0.722. The first-order chi connectivity index (χ1) is 9.62. The zero-order valence-corrected chi connectivity index (χ0v) is 10.4. The molecular weight excluding hydrogens is 260 g/mol. The summed E-state index contributed by atoms with van der Waals surface area (Å²) in [5.41, 5.74) is 0.0986. The molecule has 1 aromatic carbocycles. The number of hydrogen-bond donors (Lipinski definition) is 1. The Morgan fingerprint density at radius 2 is 2.15 bits per heavy atom. The van der Waals surface area contributed by atoms with Crippen LogP contribution in [0.1, 0.15) is 21.7 Å². The van der Waals surface area contributed by atoms with Crippen LogP contribution in [0.25, 0.3) is 5.69 Å². The normalized spacial score (nSPS) is 9.55. The fourth-order valence-corrected chi connectivity index (χ4v) is 1.74. The Labute approximate surface area is 113 Å². The van der Waals surface area contributed by atoms with Crippen LogP contribution in [-0.4, -0.2) is 27.7 Å². The second-order valence-corrected chi connectivity index (χ2v) is 3.72. The number of aromatic nitrogens is 2. The zero-order valence-electron chi connectivity index (χ0n) is 10.4. The molecule has 0 radical (unpaired) electrons. The van der Waals surface area contributed by atoms with Crippen LogP contribution < -0.4 is 4.74 Å².